The first-order valence-corrected chi connectivity index (χ1v) is 5.38. The van der Waals surface area contributed by atoms with E-state index in [1.807, 2.05) is 0 Å². The summed E-state index contributed by atoms with van der Waals surface area (Å²) in [5.74, 6) is -4.19. The van der Waals surface area contributed by atoms with E-state index in [1.165, 1.54) is 6.20 Å². The summed E-state index contributed by atoms with van der Waals surface area (Å²) < 4.78 is 25.1. The molecule has 1 aliphatic carbocycles. The fourth-order valence-corrected chi connectivity index (χ4v) is 1.65. The zero-order valence-corrected chi connectivity index (χ0v) is 9.18. The fourth-order valence-electron chi connectivity index (χ4n) is 1.54. The van der Waals surface area contributed by atoms with Crippen molar-refractivity contribution in [1.29, 1.82) is 0 Å². The van der Waals surface area contributed by atoms with E-state index in [-0.39, 0.29) is 18.6 Å². The molecule has 2 nitrogen and oxygen atoms in total. The number of rotatable bonds is 4. The molecule has 0 N–H and O–H groups in total. The van der Waals surface area contributed by atoms with Crippen LogP contribution in [0.3, 0.4) is 0 Å². The number of nitrogens with zero attached hydrogens (tertiary/aromatic N) is 1. The topological polar surface area (TPSA) is 30.0 Å². The van der Waals surface area contributed by atoms with Crippen LogP contribution in [0.2, 0.25) is 5.02 Å². The highest BCUT2D eigenvalue weighted by Crippen LogP contribution is 2.49. The molecule has 0 aliphatic heterocycles. The average Bonchev–Trinajstić information content (AvgIpc) is 2.87. The quantitative estimate of drug-likeness (QED) is 0.816. The van der Waals surface area contributed by atoms with Crippen molar-refractivity contribution in [2.45, 2.75) is 25.2 Å². The molecule has 0 bridgehead atoms. The number of hydrogen-bond donors (Lipinski definition) is 0. The molecule has 86 valence electrons. The molecule has 1 fully saturated rings. The van der Waals surface area contributed by atoms with Crippen LogP contribution in [0.1, 0.15) is 18.5 Å². The van der Waals surface area contributed by atoms with E-state index >= 15 is 0 Å². The molecular weight excluding hydrogens is 236 g/mol. The minimum Gasteiger partial charge on any atom is -0.299 e. The molecule has 1 atom stereocenters. The Kier molecular flexibility index (Phi) is 2.93. The van der Waals surface area contributed by atoms with Crippen molar-refractivity contribution in [3.05, 3.63) is 29.0 Å². The highest BCUT2D eigenvalue weighted by atomic mass is 35.5. The van der Waals surface area contributed by atoms with E-state index in [9.17, 15) is 13.6 Å². The summed E-state index contributed by atoms with van der Waals surface area (Å²) in [6.07, 6.45) is 1.70. The largest absolute Gasteiger partial charge is 0.299 e. The summed E-state index contributed by atoms with van der Waals surface area (Å²) in [5.41, 5.74) is 0.696. The Morgan fingerprint density at radius 3 is 2.75 bits per heavy atom. The Morgan fingerprint density at radius 1 is 1.56 bits per heavy atom. The van der Waals surface area contributed by atoms with Crippen molar-refractivity contribution in [2.75, 3.05) is 0 Å². The van der Waals surface area contributed by atoms with E-state index < -0.39 is 11.8 Å². The average molecular weight is 246 g/mol. The second-order valence-corrected chi connectivity index (χ2v) is 4.39. The van der Waals surface area contributed by atoms with Crippen molar-refractivity contribution in [1.82, 2.24) is 4.98 Å². The normalized spacial score (nSPS) is 21.8. The van der Waals surface area contributed by atoms with Crippen LogP contribution in [0.25, 0.3) is 0 Å². The van der Waals surface area contributed by atoms with Gasteiger partial charge in [0.15, 0.2) is 0 Å². The molecule has 1 unspecified atom stereocenters. The smallest absolute Gasteiger partial charge is 0.258 e. The molecule has 1 heterocycles. The van der Waals surface area contributed by atoms with Gasteiger partial charge in [0.25, 0.3) is 5.92 Å². The maximum absolute atomic E-state index is 12.6. The summed E-state index contributed by atoms with van der Waals surface area (Å²) in [6, 6.07) is 3.36. The van der Waals surface area contributed by atoms with Crippen LogP contribution in [0, 0.1) is 5.92 Å². The molecule has 0 spiro atoms. The van der Waals surface area contributed by atoms with Crippen LogP contribution in [0.15, 0.2) is 18.3 Å². The first kappa shape index (κ1) is 11.5. The SMILES string of the molecule is O=C(CCc1ccc(Cl)cn1)C1CC1(F)F. The van der Waals surface area contributed by atoms with Crippen molar-refractivity contribution in [3.8, 4) is 0 Å². The van der Waals surface area contributed by atoms with Gasteiger partial charge in [0.1, 0.15) is 5.78 Å². The Labute approximate surface area is 96.6 Å². The highest BCUT2D eigenvalue weighted by Gasteiger charge is 2.60. The molecule has 1 aliphatic rings. The summed E-state index contributed by atoms with van der Waals surface area (Å²) >= 11 is 5.64. The standard InChI is InChI=1S/C11H10ClF2NO/c12-7-1-2-8(15-6-7)3-4-10(16)9-5-11(9,13)14/h1-2,6,9H,3-5H2. The van der Waals surface area contributed by atoms with E-state index in [1.54, 1.807) is 12.1 Å². The van der Waals surface area contributed by atoms with E-state index in [0.717, 1.165) is 0 Å². The van der Waals surface area contributed by atoms with Crippen molar-refractivity contribution < 1.29 is 13.6 Å². The molecule has 0 radical (unpaired) electrons. The lowest BCUT2D eigenvalue weighted by molar-refractivity contribution is -0.122. The third-order valence-corrected chi connectivity index (χ3v) is 2.85. The maximum Gasteiger partial charge on any atom is 0.258 e. The van der Waals surface area contributed by atoms with E-state index in [0.29, 0.717) is 17.1 Å². The van der Waals surface area contributed by atoms with E-state index in [2.05, 4.69) is 4.98 Å². The number of pyridine rings is 1. The lowest BCUT2D eigenvalue weighted by Crippen LogP contribution is -2.08. The summed E-state index contributed by atoms with van der Waals surface area (Å²) in [5, 5.41) is 0.517. The van der Waals surface area contributed by atoms with Gasteiger partial charge in [0.2, 0.25) is 0 Å². The van der Waals surface area contributed by atoms with Gasteiger partial charge in [-0.1, -0.05) is 11.6 Å². The first-order chi connectivity index (χ1) is 7.49. The Bertz CT molecular complexity index is 405. The van der Waals surface area contributed by atoms with Crippen molar-refractivity contribution >= 4 is 17.4 Å². The molecule has 1 aromatic rings. The molecule has 5 heteroatoms. The Hall–Kier alpha value is -1.03. The van der Waals surface area contributed by atoms with Crippen molar-refractivity contribution in [2.24, 2.45) is 5.92 Å². The highest BCUT2D eigenvalue weighted by molar-refractivity contribution is 6.30. The zero-order valence-electron chi connectivity index (χ0n) is 8.42. The molecule has 0 saturated heterocycles. The lowest BCUT2D eigenvalue weighted by Gasteiger charge is -2.00. The van der Waals surface area contributed by atoms with E-state index in [4.69, 9.17) is 11.6 Å². The fraction of sp³-hybridized carbons (Fsp3) is 0.455. The number of carbonyl (C=O) groups is 1. The maximum atomic E-state index is 12.6. The molecule has 1 saturated carbocycles. The number of ketones is 1. The molecule has 1 aromatic heterocycles. The van der Waals surface area contributed by atoms with Gasteiger partial charge in [-0.25, -0.2) is 8.78 Å². The first-order valence-electron chi connectivity index (χ1n) is 5.00. The molecule has 0 aromatic carbocycles. The number of aryl methyl sites for hydroxylation is 1. The van der Waals surface area contributed by atoms with Gasteiger partial charge in [-0.2, -0.15) is 0 Å². The minimum atomic E-state index is -2.76. The second-order valence-electron chi connectivity index (χ2n) is 3.95. The van der Waals surface area contributed by atoms with Gasteiger partial charge >= 0.3 is 0 Å². The molecule has 0 amide bonds. The van der Waals surface area contributed by atoms with Gasteiger partial charge in [-0.05, 0) is 18.6 Å². The number of Topliss-reactive ketones (excluding diaryl/α,β-unsaturated/α-hetero) is 1. The number of aromatic nitrogens is 1. The van der Waals surface area contributed by atoms with Gasteiger partial charge in [0.05, 0.1) is 10.9 Å². The van der Waals surface area contributed by atoms with Gasteiger partial charge < -0.3 is 0 Å². The van der Waals surface area contributed by atoms with Gasteiger partial charge in [0, 0.05) is 24.7 Å². The lowest BCUT2D eigenvalue weighted by atomic mass is 10.1. The van der Waals surface area contributed by atoms with Crippen LogP contribution >= 0.6 is 11.6 Å². The van der Waals surface area contributed by atoms with Gasteiger partial charge in [-0.3, -0.25) is 9.78 Å². The number of carbonyl (C=O) groups excluding carboxylic acids is 1. The summed E-state index contributed by atoms with van der Waals surface area (Å²) in [6.45, 7) is 0. The van der Waals surface area contributed by atoms with Crippen LogP contribution in [-0.4, -0.2) is 16.7 Å². The molecule has 16 heavy (non-hydrogen) atoms. The second kappa shape index (κ2) is 4.09. The van der Waals surface area contributed by atoms with Crippen LogP contribution in [0.5, 0.6) is 0 Å². The van der Waals surface area contributed by atoms with Crippen LogP contribution < -0.4 is 0 Å². The summed E-state index contributed by atoms with van der Waals surface area (Å²) in [4.78, 5) is 15.3. The van der Waals surface area contributed by atoms with Gasteiger partial charge in [-0.15, -0.1) is 0 Å². The number of alkyl halides is 2. The van der Waals surface area contributed by atoms with Crippen LogP contribution in [-0.2, 0) is 11.2 Å². The molecule has 2 rings (SSSR count). The minimum absolute atomic E-state index is 0.120. The molecular formula is C11H10ClF2NO. The number of halogens is 3. The zero-order chi connectivity index (χ0) is 11.8. The third-order valence-electron chi connectivity index (χ3n) is 2.63. The Morgan fingerprint density at radius 2 is 2.25 bits per heavy atom. The summed E-state index contributed by atoms with van der Waals surface area (Å²) in [7, 11) is 0. The predicted molar refractivity (Wildman–Crippen MR) is 55.6 cm³/mol. The third kappa shape index (κ3) is 2.55. The monoisotopic (exact) mass is 245 g/mol. The van der Waals surface area contributed by atoms with Crippen LogP contribution in [0.4, 0.5) is 8.78 Å². The Balaban J connectivity index is 1.84. The van der Waals surface area contributed by atoms with Crippen molar-refractivity contribution in [3.63, 3.8) is 0 Å². The number of hydrogen-bond acceptors (Lipinski definition) is 2. The predicted octanol–water partition coefficient (Wildman–Crippen LogP) is 2.89.